The van der Waals surface area contributed by atoms with Crippen molar-refractivity contribution in [3.63, 3.8) is 0 Å². The van der Waals surface area contributed by atoms with Crippen molar-refractivity contribution >= 4 is 5.69 Å². The van der Waals surface area contributed by atoms with Crippen molar-refractivity contribution in [1.29, 1.82) is 0 Å². The SMILES string of the molecule is CC(C)(O)c1ccc(OCc2ccc([N+](=O)[O-])cc2F)cc1. The lowest BCUT2D eigenvalue weighted by Gasteiger charge is -2.18. The molecular formula is C16H16FNO4. The van der Waals surface area contributed by atoms with E-state index in [-0.39, 0.29) is 17.9 Å². The van der Waals surface area contributed by atoms with Crippen LogP contribution >= 0.6 is 0 Å². The van der Waals surface area contributed by atoms with Gasteiger partial charge in [0, 0.05) is 11.6 Å². The number of non-ortho nitro benzene ring substituents is 1. The van der Waals surface area contributed by atoms with E-state index >= 15 is 0 Å². The van der Waals surface area contributed by atoms with Crippen molar-refractivity contribution in [3.05, 3.63) is 69.5 Å². The Morgan fingerprint density at radius 2 is 1.86 bits per heavy atom. The summed E-state index contributed by atoms with van der Waals surface area (Å²) in [5.41, 5.74) is -0.266. The second-order valence-corrected chi connectivity index (χ2v) is 5.40. The molecule has 0 radical (unpaired) electrons. The Bertz CT molecular complexity index is 678. The molecule has 0 fully saturated rings. The van der Waals surface area contributed by atoms with E-state index in [2.05, 4.69) is 0 Å². The molecule has 0 heterocycles. The molecule has 2 aromatic carbocycles. The van der Waals surface area contributed by atoms with E-state index in [1.807, 2.05) is 0 Å². The third kappa shape index (κ3) is 3.79. The fraction of sp³-hybridized carbons (Fsp3) is 0.250. The number of hydrogen-bond acceptors (Lipinski definition) is 4. The van der Waals surface area contributed by atoms with Crippen molar-refractivity contribution in [1.82, 2.24) is 0 Å². The predicted octanol–water partition coefficient (Wildman–Crippen LogP) is 3.54. The number of nitro benzene ring substituents is 1. The number of ether oxygens (including phenoxy) is 1. The minimum absolute atomic E-state index is 0.0360. The van der Waals surface area contributed by atoms with Crippen LogP contribution in [0.1, 0.15) is 25.0 Å². The van der Waals surface area contributed by atoms with Crippen LogP contribution in [0, 0.1) is 15.9 Å². The van der Waals surface area contributed by atoms with Crippen LogP contribution in [-0.2, 0) is 12.2 Å². The highest BCUT2D eigenvalue weighted by Crippen LogP contribution is 2.23. The van der Waals surface area contributed by atoms with E-state index in [4.69, 9.17) is 4.74 Å². The molecule has 0 amide bonds. The molecule has 0 bridgehead atoms. The van der Waals surface area contributed by atoms with Gasteiger partial charge in [0.2, 0.25) is 0 Å². The first kappa shape index (κ1) is 15.9. The van der Waals surface area contributed by atoms with Gasteiger partial charge in [-0.1, -0.05) is 12.1 Å². The van der Waals surface area contributed by atoms with Crippen molar-refractivity contribution in [2.75, 3.05) is 0 Å². The molecule has 0 aliphatic heterocycles. The average molecular weight is 305 g/mol. The van der Waals surface area contributed by atoms with Gasteiger partial charge in [0.05, 0.1) is 16.6 Å². The van der Waals surface area contributed by atoms with E-state index in [9.17, 15) is 19.6 Å². The van der Waals surface area contributed by atoms with Crippen molar-refractivity contribution < 1.29 is 19.2 Å². The fourth-order valence-electron chi connectivity index (χ4n) is 1.89. The molecule has 0 spiro atoms. The van der Waals surface area contributed by atoms with E-state index in [0.717, 1.165) is 11.6 Å². The molecule has 5 nitrogen and oxygen atoms in total. The van der Waals surface area contributed by atoms with E-state index in [1.54, 1.807) is 38.1 Å². The van der Waals surface area contributed by atoms with Gasteiger partial charge in [-0.05, 0) is 37.6 Å². The van der Waals surface area contributed by atoms with Gasteiger partial charge in [-0.2, -0.15) is 0 Å². The molecule has 0 unspecified atom stereocenters. The molecule has 0 saturated carbocycles. The van der Waals surface area contributed by atoms with Crippen molar-refractivity contribution in [2.24, 2.45) is 0 Å². The van der Waals surface area contributed by atoms with Gasteiger partial charge in [-0.3, -0.25) is 10.1 Å². The van der Waals surface area contributed by atoms with Gasteiger partial charge in [0.15, 0.2) is 0 Å². The molecule has 0 aromatic heterocycles. The molecule has 0 saturated heterocycles. The summed E-state index contributed by atoms with van der Waals surface area (Å²) in [5, 5.41) is 20.4. The van der Waals surface area contributed by atoms with Crippen LogP contribution in [0.2, 0.25) is 0 Å². The van der Waals surface area contributed by atoms with Crippen LogP contribution < -0.4 is 4.74 Å². The summed E-state index contributed by atoms with van der Waals surface area (Å²) in [7, 11) is 0. The lowest BCUT2D eigenvalue weighted by Crippen LogP contribution is -2.14. The Balaban J connectivity index is 2.05. The van der Waals surface area contributed by atoms with Crippen LogP contribution in [-0.4, -0.2) is 10.0 Å². The number of hydrogen-bond donors (Lipinski definition) is 1. The Kier molecular flexibility index (Phi) is 4.42. The minimum Gasteiger partial charge on any atom is -0.489 e. The fourth-order valence-corrected chi connectivity index (χ4v) is 1.89. The first-order valence-corrected chi connectivity index (χ1v) is 6.66. The van der Waals surface area contributed by atoms with Gasteiger partial charge >= 0.3 is 0 Å². The van der Waals surface area contributed by atoms with Gasteiger partial charge in [-0.15, -0.1) is 0 Å². The predicted molar refractivity (Wildman–Crippen MR) is 79.1 cm³/mol. The summed E-state index contributed by atoms with van der Waals surface area (Å²) in [5.74, 6) is -0.159. The third-order valence-electron chi connectivity index (χ3n) is 3.20. The Hall–Kier alpha value is -2.47. The van der Waals surface area contributed by atoms with E-state index in [1.165, 1.54) is 12.1 Å². The highest BCUT2D eigenvalue weighted by molar-refractivity contribution is 5.35. The highest BCUT2D eigenvalue weighted by Gasteiger charge is 2.15. The minimum atomic E-state index is -0.941. The van der Waals surface area contributed by atoms with E-state index < -0.39 is 16.3 Å². The molecule has 116 valence electrons. The van der Waals surface area contributed by atoms with Crippen LogP contribution in [0.15, 0.2) is 42.5 Å². The summed E-state index contributed by atoms with van der Waals surface area (Å²) in [6.07, 6.45) is 0. The molecule has 6 heteroatoms. The summed E-state index contributed by atoms with van der Waals surface area (Å²) in [6, 6.07) is 10.2. The first-order valence-electron chi connectivity index (χ1n) is 6.66. The molecular weight excluding hydrogens is 289 g/mol. The number of nitrogens with zero attached hydrogens (tertiary/aromatic N) is 1. The van der Waals surface area contributed by atoms with E-state index in [0.29, 0.717) is 5.75 Å². The Morgan fingerprint density at radius 3 is 2.36 bits per heavy atom. The van der Waals surface area contributed by atoms with Crippen molar-refractivity contribution in [3.8, 4) is 5.75 Å². The zero-order valence-corrected chi connectivity index (χ0v) is 12.2. The molecule has 0 atom stereocenters. The molecule has 0 aliphatic carbocycles. The number of aliphatic hydroxyl groups is 1. The number of halogens is 1. The molecule has 1 N–H and O–H groups in total. The summed E-state index contributed by atoms with van der Waals surface area (Å²) in [4.78, 5) is 9.89. The maximum atomic E-state index is 13.7. The molecule has 2 rings (SSSR count). The zero-order valence-electron chi connectivity index (χ0n) is 12.2. The maximum absolute atomic E-state index is 13.7. The lowest BCUT2D eigenvalue weighted by molar-refractivity contribution is -0.385. The second-order valence-electron chi connectivity index (χ2n) is 5.40. The Labute approximate surface area is 127 Å². The second kappa shape index (κ2) is 6.11. The number of benzene rings is 2. The van der Waals surface area contributed by atoms with Gasteiger partial charge < -0.3 is 9.84 Å². The van der Waals surface area contributed by atoms with Crippen LogP contribution in [0.5, 0.6) is 5.75 Å². The Morgan fingerprint density at radius 1 is 1.23 bits per heavy atom. The van der Waals surface area contributed by atoms with Crippen molar-refractivity contribution in [2.45, 2.75) is 26.1 Å². The zero-order chi connectivity index (χ0) is 16.3. The monoisotopic (exact) mass is 305 g/mol. The molecule has 2 aromatic rings. The highest BCUT2D eigenvalue weighted by atomic mass is 19.1. The largest absolute Gasteiger partial charge is 0.489 e. The van der Waals surface area contributed by atoms with Gasteiger partial charge in [0.1, 0.15) is 18.2 Å². The topological polar surface area (TPSA) is 72.6 Å². The molecule has 22 heavy (non-hydrogen) atoms. The lowest BCUT2D eigenvalue weighted by atomic mass is 9.99. The normalized spacial score (nSPS) is 11.3. The first-order chi connectivity index (χ1) is 10.3. The van der Waals surface area contributed by atoms with Gasteiger partial charge in [0.25, 0.3) is 5.69 Å². The smallest absolute Gasteiger partial charge is 0.272 e. The maximum Gasteiger partial charge on any atom is 0.272 e. The van der Waals surface area contributed by atoms with Crippen LogP contribution in [0.4, 0.5) is 10.1 Å². The standard InChI is InChI=1S/C16H16FNO4/c1-16(2,19)12-4-7-14(8-5-12)22-10-11-3-6-13(18(20)21)9-15(11)17/h3-9,19H,10H2,1-2H3. The molecule has 0 aliphatic rings. The quantitative estimate of drug-likeness (QED) is 0.677. The number of rotatable bonds is 5. The summed E-state index contributed by atoms with van der Waals surface area (Å²) >= 11 is 0. The van der Waals surface area contributed by atoms with Crippen LogP contribution in [0.3, 0.4) is 0 Å². The summed E-state index contributed by atoms with van der Waals surface area (Å²) < 4.78 is 19.2. The van der Waals surface area contributed by atoms with Crippen LogP contribution in [0.25, 0.3) is 0 Å². The van der Waals surface area contributed by atoms with Gasteiger partial charge in [-0.25, -0.2) is 4.39 Å². The number of nitro groups is 1. The summed E-state index contributed by atoms with van der Waals surface area (Å²) in [6.45, 7) is 3.32. The average Bonchev–Trinajstić information content (AvgIpc) is 2.45. The third-order valence-corrected chi connectivity index (χ3v) is 3.20.